The minimum atomic E-state index is -0.0938. The average Bonchev–Trinajstić information content (AvgIpc) is 2.64. The summed E-state index contributed by atoms with van der Waals surface area (Å²) in [5.74, 6) is 0. The molecular weight excluding hydrogens is 283 g/mol. The molecule has 0 aliphatic carbocycles. The fourth-order valence-electron chi connectivity index (χ4n) is 2.21. The van der Waals surface area contributed by atoms with Crippen LogP contribution in [0.3, 0.4) is 0 Å². The van der Waals surface area contributed by atoms with E-state index in [1.807, 2.05) is 11.8 Å². The highest BCUT2D eigenvalue weighted by Gasteiger charge is 2.16. The Labute approximate surface area is 123 Å². The van der Waals surface area contributed by atoms with Gasteiger partial charge in [-0.05, 0) is 37.5 Å². The van der Waals surface area contributed by atoms with Gasteiger partial charge in [0.1, 0.15) is 0 Å². The number of urea groups is 1. The van der Waals surface area contributed by atoms with E-state index < -0.39 is 0 Å². The predicted octanol–water partition coefficient (Wildman–Crippen LogP) is 4.71. The molecule has 104 valence electrons. The van der Waals surface area contributed by atoms with E-state index in [0.29, 0.717) is 15.7 Å². The van der Waals surface area contributed by atoms with Crippen molar-refractivity contribution in [1.29, 1.82) is 0 Å². The molecule has 0 aromatic heterocycles. The third-order valence-electron chi connectivity index (χ3n) is 3.38. The molecule has 0 atom stereocenters. The van der Waals surface area contributed by atoms with Crippen LogP contribution in [-0.4, -0.2) is 24.0 Å². The van der Waals surface area contributed by atoms with Crippen molar-refractivity contribution in [2.24, 2.45) is 0 Å². The lowest BCUT2D eigenvalue weighted by Gasteiger charge is -2.21. The predicted molar refractivity (Wildman–Crippen MR) is 80.3 cm³/mol. The topological polar surface area (TPSA) is 32.3 Å². The van der Waals surface area contributed by atoms with Crippen molar-refractivity contribution in [3.05, 3.63) is 27.7 Å². The summed E-state index contributed by atoms with van der Waals surface area (Å²) in [6.45, 7) is 3.50. The maximum atomic E-state index is 12.2. The molecule has 1 aromatic rings. The molecule has 2 amide bonds. The van der Waals surface area contributed by atoms with Crippen LogP contribution in [0, 0.1) is 6.92 Å². The third kappa shape index (κ3) is 3.77. The van der Waals surface area contributed by atoms with E-state index in [2.05, 4.69) is 5.32 Å². The summed E-state index contributed by atoms with van der Waals surface area (Å²) in [6, 6.07) is 3.38. The highest BCUT2D eigenvalue weighted by molar-refractivity contribution is 6.36. The Bertz CT molecular complexity index is 469. The summed E-state index contributed by atoms with van der Waals surface area (Å²) >= 11 is 12.2. The van der Waals surface area contributed by atoms with E-state index in [-0.39, 0.29) is 6.03 Å². The van der Waals surface area contributed by atoms with Gasteiger partial charge in [-0.3, -0.25) is 0 Å². The first-order valence-corrected chi connectivity index (χ1v) is 7.35. The summed E-state index contributed by atoms with van der Waals surface area (Å²) in [5.41, 5.74) is 1.48. The standard InChI is InChI=1S/C14H18Cl2N2O/c1-10-8-12(16)13(9-11(10)15)17-14(19)18-6-4-2-3-5-7-18/h8-9H,2-7H2,1H3,(H,17,19). The number of rotatable bonds is 1. The highest BCUT2D eigenvalue weighted by Crippen LogP contribution is 2.29. The molecule has 0 saturated carbocycles. The molecule has 0 spiro atoms. The number of anilines is 1. The number of hydrogen-bond acceptors (Lipinski definition) is 1. The van der Waals surface area contributed by atoms with Gasteiger partial charge in [0, 0.05) is 18.1 Å². The van der Waals surface area contributed by atoms with Gasteiger partial charge in [0.25, 0.3) is 0 Å². The van der Waals surface area contributed by atoms with Crippen LogP contribution in [-0.2, 0) is 0 Å². The zero-order valence-electron chi connectivity index (χ0n) is 11.0. The number of carbonyl (C=O) groups excluding carboxylic acids is 1. The molecule has 1 aromatic carbocycles. The van der Waals surface area contributed by atoms with Gasteiger partial charge in [-0.25, -0.2) is 4.79 Å². The summed E-state index contributed by atoms with van der Waals surface area (Å²) in [4.78, 5) is 14.0. The highest BCUT2D eigenvalue weighted by atomic mass is 35.5. The molecule has 3 nitrogen and oxygen atoms in total. The smallest absolute Gasteiger partial charge is 0.321 e. The molecule has 1 saturated heterocycles. The first-order chi connectivity index (χ1) is 9.08. The largest absolute Gasteiger partial charge is 0.325 e. The summed E-state index contributed by atoms with van der Waals surface area (Å²) in [6.07, 6.45) is 4.52. The zero-order chi connectivity index (χ0) is 13.8. The van der Waals surface area contributed by atoms with Crippen LogP contribution in [0.4, 0.5) is 10.5 Å². The van der Waals surface area contributed by atoms with E-state index in [1.54, 1.807) is 12.1 Å². The zero-order valence-corrected chi connectivity index (χ0v) is 12.5. The van der Waals surface area contributed by atoms with E-state index >= 15 is 0 Å². The maximum Gasteiger partial charge on any atom is 0.321 e. The van der Waals surface area contributed by atoms with E-state index in [1.165, 1.54) is 12.8 Å². The number of nitrogens with one attached hydrogen (secondary N) is 1. The number of aryl methyl sites for hydroxylation is 1. The third-order valence-corrected chi connectivity index (χ3v) is 4.10. The maximum absolute atomic E-state index is 12.2. The van der Waals surface area contributed by atoms with E-state index in [4.69, 9.17) is 23.2 Å². The number of likely N-dealkylation sites (tertiary alicyclic amines) is 1. The van der Waals surface area contributed by atoms with Crippen LogP contribution in [0.25, 0.3) is 0 Å². The van der Waals surface area contributed by atoms with Crippen molar-refractivity contribution in [1.82, 2.24) is 4.90 Å². The minimum absolute atomic E-state index is 0.0938. The molecule has 1 N–H and O–H groups in total. The molecule has 0 unspecified atom stereocenters. The van der Waals surface area contributed by atoms with Crippen molar-refractivity contribution in [2.45, 2.75) is 32.6 Å². The number of benzene rings is 1. The second-order valence-corrected chi connectivity index (χ2v) is 5.73. The Morgan fingerprint density at radius 3 is 2.37 bits per heavy atom. The van der Waals surface area contributed by atoms with Crippen molar-refractivity contribution in [2.75, 3.05) is 18.4 Å². The van der Waals surface area contributed by atoms with Crippen LogP contribution in [0.2, 0.25) is 10.0 Å². The van der Waals surface area contributed by atoms with Crippen LogP contribution < -0.4 is 5.32 Å². The van der Waals surface area contributed by atoms with Crippen molar-refractivity contribution in [3.8, 4) is 0 Å². The summed E-state index contributed by atoms with van der Waals surface area (Å²) in [5, 5.41) is 3.97. The molecular formula is C14H18Cl2N2O. The second-order valence-electron chi connectivity index (χ2n) is 4.91. The lowest BCUT2D eigenvalue weighted by Crippen LogP contribution is -2.35. The van der Waals surface area contributed by atoms with Crippen molar-refractivity contribution >= 4 is 34.9 Å². The van der Waals surface area contributed by atoms with Gasteiger partial charge in [0.05, 0.1) is 10.7 Å². The molecule has 0 bridgehead atoms. The fourth-order valence-corrected chi connectivity index (χ4v) is 2.64. The van der Waals surface area contributed by atoms with Gasteiger partial charge in [-0.15, -0.1) is 0 Å². The van der Waals surface area contributed by atoms with Crippen LogP contribution >= 0.6 is 23.2 Å². The Balaban J connectivity index is 2.07. The molecule has 19 heavy (non-hydrogen) atoms. The van der Waals surface area contributed by atoms with Crippen molar-refractivity contribution in [3.63, 3.8) is 0 Å². The monoisotopic (exact) mass is 300 g/mol. The van der Waals surface area contributed by atoms with E-state index in [0.717, 1.165) is 31.5 Å². The van der Waals surface area contributed by atoms with Crippen LogP contribution in [0.5, 0.6) is 0 Å². The fraction of sp³-hybridized carbons (Fsp3) is 0.500. The Morgan fingerprint density at radius 1 is 1.11 bits per heavy atom. The van der Waals surface area contributed by atoms with Gasteiger partial charge < -0.3 is 10.2 Å². The number of amides is 2. The second kappa shape index (κ2) is 6.49. The number of nitrogens with zero attached hydrogens (tertiary/aromatic N) is 1. The summed E-state index contributed by atoms with van der Waals surface area (Å²) < 4.78 is 0. The Morgan fingerprint density at radius 2 is 1.74 bits per heavy atom. The number of carbonyl (C=O) groups is 1. The lowest BCUT2D eigenvalue weighted by atomic mass is 10.2. The van der Waals surface area contributed by atoms with Gasteiger partial charge in [-0.2, -0.15) is 0 Å². The normalized spacial score (nSPS) is 16.1. The van der Waals surface area contributed by atoms with Crippen LogP contribution in [0.1, 0.15) is 31.2 Å². The molecule has 2 rings (SSSR count). The summed E-state index contributed by atoms with van der Waals surface area (Å²) in [7, 11) is 0. The molecule has 1 aliphatic heterocycles. The van der Waals surface area contributed by atoms with Gasteiger partial charge in [0.15, 0.2) is 0 Å². The van der Waals surface area contributed by atoms with Gasteiger partial charge in [-0.1, -0.05) is 36.0 Å². The number of halogens is 2. The minimum Gasteiger partial charge on any atom is -0.325 e. The quantitative estimate of drug-likeness (QED) is 0.800. The molecule has 1 fully saturated rings. The van der Waals surface area contributed by atoms with Gasteiger partial charge in [0.2, 0.25) is 0 Å². The molecule has 5 heteroatoms. The molecule has 1 aliphatic rings. The average molecular weight is 301 g/mol. The van der Waals surface area contributed by atoms with Gasteiger partial charge >= 0.3 is 6.03 Å². The van der Waals surface area contributed by atoms with Crippen molar-refractivity contribution < 1.29 is 4.79 Å². The number of hydrogen-bond donors (Lipinski definition) is 1. The molecule has 0 radical (unpaired) electrons. The Hall–Kier alpha value is -0.930. The first kappa shape index (κ1) is 14.5. The Kier molecular flexibility index (Phi) is 4.94. The SMILES string of the molecule is Cc1cc(Cl)c(NC(=O)N2CCCCCC2)cc1Cl. The molecule has 1 heterocycles. The first-order valence-electron chi connectivity index (χ1n) is 6.59. The van der Waals surface area contributed by atoms with Crippen LogP contribution in [0.15, 0.2) is 12.1 Å². The van der Waals surface area contributed by atoms with E-state index in [9.17, 15) is 4.79 Å². The lowest BCUT2D eigenvalue weighted by molar-refractivity contribution is 0.214.